The van der Waals surface area contributed by atoms with Crippen LogP contribution in [-0.2, 0) is 13.1 Å². The molecule has 2 rings (SSSR count). The summed E-state index contributed by atoms with van der Waals surface area (Å²) < 4.78 is 0. The molecular weight excluding hydrogens is 224 g/mol. The number of nitrogens with zero attached hydrogens (tertiary/aromatic N) is 1. The van der Waals surface area contributed by atoms with Gasteiger partial charge in [-0.1, -0.05) is 0 Å². The molecule has 16 heavy (non-hydrogen) atoms. The average Bonchev–Trinajstić information content (AvgIpc) is 2.87. The van der Waals surface area contributed by atoms with Gasteiger partial charge in [0.2, 0.25) is 5.91 Å². The van der Waals surface area contributed by atoms with Gasteiger partial charge in [-0.15, -0.1) is 11.3 Å². The van der Waals surface area contributed by atoms with Crippen LogP contribution in [0.4, 0.5) is 0 Å². The van der Waals surface area contributed by atoms with Crippen molar-refractivity contribution in [3.05, 3.63) is 40.1 Å². The van der Waals surface area contributed by atoms with Crippen LogP contribution in [0, 0.1) is 0 Å². The molecule has 2 aromatic heterocycles. The molecule has 0 saturated carbocycles. The van der Waals surface area contributed by atoms with Gasteiger partial charge in [0.25, 0.3) is 0 Å². The maximum Gasteiger partial charge on any atom is 0.249 e. The van der Waals surface area contributed by atoms with Crippen LogP contribution >= 0.6 is 11.3 Å². The number of primary amides is 1. The minimum absolute atomic E-state index is 0.381. The highest BCUT2D eigenvalue weighted by Gasteiger charge is 2.04. The van der Waals surface area contributed by atoms with Crippen molar-refractivity contribution < 1.29 is 4.79 Å². The Balaban J connectivity index is 1.83. The van der Waals surface area contributed by atoms with Crippen LogP contribution in [0.15, 0.2) is 23.8 Å². The molecule has 5 nitrogen and oxygen atoms in total. The van der Waals surface area contributed by atoms with Crippen molar-refractivity contribution in [2.45, 2.75) is 13.1 Å². The normalized spacial score (nSPS) is 10.5. The van der Waals surface area contributed by atoms with E-state index in [0.29, 0.717) is 18.7 Å². The van der Waals surface area contributed by atoms with Gasteiger partial charge in [0.15, 0.2) is 0 Å². The van der Waals surface area contributed by atoms with Crippen LogP contribution in [0.2, 0.25) is 0 Å². The van der Waals surface area contributed by atoms with E-state index < -0.39 is 0 Å². The van der Waals surface area contributed by atoms with Gasteiger partial charge in [0, 0.05) is 29.2 Å². The third-order valence-corrected chi connectivity index (χ3v) is 3.02. The number of aromatic nitrogens is 2. The van der Waals surface area contributed by atoms with Crippen LogP contribution in [0.25, 0.3) is 0 Å². The van der Waals surface area contributed by atoms with Gasteiger partial charge in [0.1, 0.15) is 5.82 Å². The minimum Gasteiger partial charge on any atom is -0.366 e. The second kappa shape index (κ2) is 4.91. The Hall–Kier alpha value is -1.66. The van der Waals surface area contributed by atoms with Crippen molar-refractivity contribution >= 4 is 17.2 Å². The van der Waals surface area contributed by atoms with Crippen LogP contribution in [0.3, 0.4) is 0 Å². The molecule has 0 atom stereocenters. The Bertz CT molecular complexity index is 463. The lowest BCUT2D eigenvalue weighted by Gasteiger charge is -1.99. The number of carbonyl (C=O) groups is 1. The first-order chi connectivity index (χ1) is 7.75. The first-order valence-corrected chi connectivity index (χ1v) is 5.70. The van der Waals surface area contributed by atoms with Crippen LogP contribution < -0.4 is 11.1 Å². The van der Waals surface area contributed by atoms with Crippen molar-refractivity contribution in [1.29, 1.82) is 0 Å². The summed E-state index contributed by atoms with van der Waals surface area (Å²) >= 11 is 1.52. The summed E-state index contributed by atoms with van der Waals surface area (Å²) in [6.07, 6.45) is 3.50. The zero-order valence-corrected chi connectivity index (χ0v) is 9.38. The number of amides is 1. The van der Waals surface area contributed by atoms with E-state index in [1.807, 2.05) is 6.07 Å². The molecule has 0 fully saturated rings. The van der Waals surface area contributed by atoms with E-state index in [9.17, 15) is 4.79 Å². The molecule has 0 aliphatic rings. The summed E-state index contributed by atoms with van der Waals surface area (Å²) in [6.45, 7) is 1.38. The number of H-pyrrole nitrogens is 1. The Morgan fingerprint density at radius 2 is 2.44 bits per heavy atom. The number of hydrogen-bond donors (Lipinski definition) is 3. The zero-order valence-electron chi connectivity index (χ0n) is 8.56. The van der Waals surface area contributed by atoms with Crippen LogP contribution in [-0.4, -0.2) is 15.9 Å². The summed E-state index contributed by atoms with van der Waals surface area (Å²) in [6, 6.07) is 1.81. The van der Waals surface area contributed by atoms with Gasteiger partial charge in [0.05, 0.1) is 12.1 Å². The van der Waals surface area contributed by atoms with Gasteiger partial charge in [-0.05, 0) is 6.07 Å². The number of nitrogens with one attached hydrogen (secondary N) is 2. The molecule has 6 heteroatoms. The summed E-state index contributed by atoms with van der Waals surface area (Å²) in [7, 11) is 0. The third kappa shape index (κ3) is 2.68. The zero-order chi connectivity index (χ0) is 11.4. The maximum atomic E-state index is 10.9. The minimum atomic E-state index is -0.381. The summed E-state index contributed by atoms with van der Waals surface area (Å²) in [5.41, 5.74) is 5.73. The van der Waals surface area contributed by atoms with E-state index in [-0.39, 0.29) is 5.91 Å². The third-order valence-electron chi connectivity index (χ3n) is 2.08. The molecule has 0 unspecified atom stereocenters. The van der Waals surface area contributed by atoms with Gasteiger partial charge in [-0.3, -0.25) is 4.79 Å². The van der Waals surface area contributed by atoms with Crippen molar-refractivity contribution in [2.24, 2.45) is 5.73 Å². The number of carbonyl (C=O) groups excluding carboxylic acids is 1. The molecule has 1 amide bonds. The first-order valence-electron chi connectivity index (χ1n) is 4.82. The fraction of sp³-hybridized carbons (Fsp3) is 0.200. The van der Waals surface area contributed by atoms with Crippen molar-refractivity contribution in [1.82, 2.24) is 15.3 Å². The van der Waals surface area contributed by atoms with Crippen LogP contribution in [0.5, 0.6) is 0 Å². The summed E-state index contributed by atoms with van der Waals surface area (Å²) in [5.74, 6) is 0.514. The van der Waals surface area contributed by atoms with Crippen molar-refractivity contribution in [3.8, 4) is 0 Å². The van der Waals surface area contributed by atoms with Crippen molar-refractivity contribution in [2.75, 3.05) is 0 Å². The number of imidazole rings is 1. The smallest absolute Gasteiger partial charge is 0.249 e. The predicted molar refractivity (Wildman–Crippen MR) is 62.0 cm³/mol. The highest BCUT2D eigenvalue weighted by molar-refractivity contribution is 7.10. The topological polar surface area (TPSA) is 83.8 Å². The van der Waals surface area contributed by atoms with E-state index in [1.165, 1.54) is 11.3 Å². The predicted octanol–water partition coefficient (Wildman–Crippen LogP) is 0.860. The van der Waals surface area contributed by atoms with Crippen LogP contribution in [0.1, 0.15) is 21.1 Å². The molecule has 0 aliphatic carbocycles. The molecule has 0 bridgehead atoms. The molecule has 0 aliphatic heterocycles. The molecule has 0 radical (unpaired) electrons. The monoisotopic (exact) mass is 236 g/mol. The number of thiophene rings is 1. The molecular formula is C10H12N4OS. The number of nitrogens with two attached hydrogens (primary N) is 1. The van der Waals surface area contributed by atoms with Gasteiger partial charge in [-0.25, -0.2) is 4.98 Å². The standard InChI is InChI=1S/C10H12N4OS/c11-10(15)7-3-8(16-6-7)4-12-5-9-13-1-2-14-9/h1-3,6,12H,4-5H2,(H2,11,15)(H,13,14). The highest BCUT2D eigenvalue weighted by atomic mass is 32.1. The maximum absolute atomic E-state index is 10.9. The molecule has 84 valence electrons. The quantitative estimate of drug-likeness (QED) is 0.720. The molecule has 0 spiro atoms. The fourth-order valence-electron chi connectivity index (χ4n) is 1.30. The van der Waals surface area contributed by atoms with E-state index in [2.05, 4.69) is 15.3 Å². The molecule has 2 aromatic rings. The number of aromatic amines is 1. The van der Waals surface area contributed by atoms with E-state index in [0.717, 1.165) is 10.7 Å². The second-order valence-electron chi connectivity index (χ2n) is 3.31. The molecule has 2 heterocycles. The fourth-order valence-corrected chi connectivity index (χ4v) is 2.14. The summed E-state index contributed by atoms with van der Waals surface area (Å²) in [4.78, 5) is 19.0. The van der Waals surface area contributed by atoms with E-state index in [1.54, 1.807) is 17.8 Å². The Morgan fingerprint density at radius 1 is 1.56 bits per heavy atom. The van der Waals surface area contributed by atoms with Gasteiger partial charge in [-0.2, -0.15) is 0 Å². The highest BCUT2D eigenvalue weighted by Crippen LogP contribution is 2.13. The molecule has 4 N–H and O–H groups in total. The van der Waals surface area contributed by atoms with E-state index >= 15 is 0 Å². The largest absolute Gasteiger partial charge is 0.366 e. The Labute approximate surface area is 96.7 Å². The molecule has 0 saturated heterocycles. The van der Waals surface area contributed by atoms with E-state index in [4.69, 9.17) is 5.73 Å². The Kier molecular flexibility index (Phi) is 3.33. The lowest BCUT2D eigenvalue weighted by Crippen LogP contribution is -2.13. The molecule has 0 aromatic carbocycles. The second-order valence-corrected chi connectivity index (χ2v) is 4.30. The number of hydrogen-bond acceptors (Lipinski definition) is 4. The van der Waals surface area contributed by atoms with Gasteiger partial charge < -0.3 is 16.0 Å². The lowest BCUT2D eigenvalue weighted by molar-refractivity contribution is 0.100. The first kappa shape index (κ1) is 10.8. The Morgan fingerprint density at radius 3 is 3.06 bits per heavy atom. The average molecular weight is 236 g/mol. The number of rotatable bonds is 5. The summed E-state index contributed by atoms with van der Waals surface area (Å²) in [5, 5.41) is 4.99. The van der Waals surface area contributed by atoms with Crippen molar-refractivity contribution in [3.63, 3.8) is 0 Å². The lowest BCUT2D eigenvalue weighted by atomic mass is 10.3. The SMILES string of the molecule is NC(=O)c1csc(CNCc2ncc[nH]2)c1. The van der Waals surface area contributed by atoms with Gasteiger partial charge >= 0.3 is 0 Å².